The number of nitrogens with one attached hydrogen (secondary N) is 1. The quantitative estimate of drug-likeness (QED) is 0.192. The predicted molar refractivity (Wildman–Crippen MR) is 234 cm³/mol. The lowest BCUT2D eigenvalue weighted by molar-refractivity contribution is 0.423. The summed E-state index contributed by atoms with van der Waals surface area (Å²) >= 11 is 0. The summed E-state index contributed by atoms with van der Waals surface area (Å²) in [6.07, 6.45) is 29.5. The van der Waals surface area contributed by atoms with Crippen LogP contribution in [0.25, 0.3) is 56.0 Å². The highest BCUT2D eigenvalue weighted by atomic mass is 15.3. The van der Waals surface area contributed by atoms with Gasteiger partial charge >= 0.3 is 0 Å². The first kappa shape index (κ1) is 32.3. The summed E-state index contributed by atoms with van der Waals surface area (Å²) in [6.45, 7) is 0. The van der Waals surface area contributed by atoms with Gasteiger partial charge in [-0.25, -0.2) is 0 Å². The molecule has 4 aliphatic carbocycles. The third-order valence-corrected chi connectivity index (χ3v) is 12.8. The molecule has 11 rings (SSSR count). The van der Waals surface area contributed by atoms with E-state index < -0.39 is 0 Å². The Bertz CT molecular complexity index is 2790. The van der Waals surface area contributed by atoms with Crippen molar-refractivity contribution in [3.8, 4) is 11.1 Å². The molecule has 4 unspecified atom stereocenters. The van der Waals surface area contributed by atoms with Crippen LogP contribution in [0.1, 0.15) is 43.2 Å². The van der Waals surface area contributed by atoms with E-state index in [9.17, 15) is 0 Å². The van der Waals surface area contributed by atoms with Crippen molar-refractivity contribution in [2.45, 2.75) is 38.3 Å². The van der Waals surface area contributed by atoms with Crippen LogP contribution in [-0.4, -0.2) is 6.17 Å². The van der Waals surface area contributed by atoms with Gasteiger partial charge in [0, 0.05) is 23.4 Å². The zero-order valence-corrected chi connectivity index (χ0v) is 31.0. The molecule has 0 amide bonds. The van der Waals surface area contributed by atoms with Gasteiger partial charge in [0.1, 0.15) is 6.17 Å². The van der Waals surface area contributed by atoms with E-state index in [0.717, 1.165) is 32.1 Å². The van der Waals surface area contributed by atoms with E-state index in [-0.39, 0.29) is 6.17 Å². The average Bonchev–Trinajstić information content (AvgIpc) is 3.65. The molecule has 0 fully saturated rings. The molecule has 1 aliphatic heterocycles. The normalized spacial score (nSPS) is 22.2. The first-order valence-electron chi connectivity index (χ1n) is 20.2. The highest BCUT2D eigenvalue weighted by Gasteiger charge is 2.36. The molecule has 6 aromatic carbocycles. The maximum atomic E-state index is 3.93. The lowest BCUT2D eigenvalue weighted by Crippen LogP contribution is -2.39. The average molecular weight is 709 g/mol. The van der Waals surface area contributed by atoms with Crippen LogP contribution in [0, 0.1) is 17.8 Å². The standard InChI is InChI=1S/C53H44N2/c1-2-18-40(19-3-1)55-50-27-11-10-26-49(50)54-53(55)38-30-28-35(29-31-38)39-32-33-47-48(34-39)52(44-25-13-17-37-15-5-7-21-42(37)44)46-23-9-8-22-45(46)51(47)43-24-12-16-36-14-4-6-20-41(36)43/h1-7,10-28,32-34,37-38,42,53-54H,8-9,29-31H2. The summed E-state index contributed by atoms with van der Waals surface area (Å²) < 4.78 is 0. The largest absolute Gasteiger partial charge is 0.363 e. The molecule has 1 heterocycles. The van der Waals surface area contributed by atoms with Crippen LogP contribution in [0.5, 0.6) is 0 Å². The Kier molecular flexibility index (Phi) is 7.83. The Morgan fingerprint density at radius 3 is 2.29 bits per heavy atom. The summed E-state index contributed by atoms with van der Waals surface area (Å²) in [5.74, 6) is 1.20. The van der Waals surface area contributed by atoms with Crippen molar-refractivity contribution >= 4 is 61.9 Å². The van der Waals surface area contributed by atoms with Crippen molar-refractivity contribution in [2.24, 2.45) is 17.8 Å². The van der Waals surface area contributed by atoms with Crippen LogP contribution in [0.15, 0.2) is 164 Å². The van der Waals surface area contributed by atoms with Gasteiger partial charge in [-0.05, 0) is 128 Å². The summed E-state index contributed by atoms with van der Waals surface area (Å²) in [6, 6.07) is 42.9. The third-order valence-electron chi connectivity index (χ3n) is 12.8. The molecule has 6 aromatic rings. The van der Waals surface area contributed by atoms with E-state index in [1.807, 2.05) is 0 Å². The fourth-order valence-corrected chi connectivity index (χ4v) is 10.2. The maximum Gasteiger partial charge on any atom is 0.107 e. The first-order valence-corrected chi connectivity index (χ1v) is 20.2. The second-order valence-corrected chi connectivity index (χ2v) is 15.8. The molecule has 0 saturated carbocycles. The number of nitrogens with zero attached hydrogens (tertiary/aromatic N) is 1. The van der Waals surface area contributed by atoms with Gasteiger partial charge in [-0.2, -0.15) is 0 Å². The zero-order chi connectivity index (χ0) is 36.3. The van der Waals surface area contributed by atoms with Gasteiger partial charge in [0.05, 0.1) is 11.4 Å². The van der Waals surface area contributed by atoms with Gasteiger partial charge < -0.3 is 10.2 Å². The summed E-state index contributed by atoms with van der Waals surface area (Å²) in [4.78, 5) is 2.53. The molecule has 266 valence electrons. The van der Waals surface area contributed by atoms with Gasteiger partial charge in [-0.1, -0.05) is 146 Å². The van der Waals surface area contributed by atoms with Crippen LogP contribution >= 0.6 is 0 Å². The van der Waals surface area contributed by atoms with E-state index in [1.165, 1.54) is 82.4 Å². The Labute approximate surface area is 323 Å². The maximum absolute atomic E-state index is 3.93. The van der Waals surface area contributed by atoms with Crippen molar-refractivity contribution in [3.63, 3.8) is 0 Å². The van der Waals surface area contributed by atoms with Crippen molar-refractivity contribution < 1.29 is 0 Å². The minimum atomic E-state index is 0.221. The van der Waals surface area contributed by atoms with Crippen LogP contribution in [0.3, 0.4) is 0 Å². The van der Waals surface area contributed by atoms with Crippen LogP contribution in [0.2, 0.25) is 0 Å². The highest BCUT2D eigenvalue weighted by molar-refractivity contribution is 6.10. The molecule has 1 N–H and O–H groups in total. The fourth-order valence-electron chi connectivity index (χ4n) is 10.2. The van der Waals surface area contributed by atoms with E-state index in [0.29, 0.717) is 17.8 Å². The lowest BCUT2D eigenvalue weighted by atomic mass is 9.74. The molecule has 0 bridgehead atoms. The highest BCUT2D eigenvalue weighted by Crippen LogP contribution is 2.46. The molecular formula is C53H44N2. The Balaban J connectivity index is 1.06. The Morgan fingerprint density at radius 2 is 1.40 bits per heavy atom. The number of hydrogen-bond donors (Lipinski definition) is 1. The summed E-state index contributed by atoms with van der Waals surface area (Å²) in [5, 5.41) is 12.1. The van der Waals surface area contributed by atoms with Crippen molar-refractivity contribution in [1.29, 1.82) is 0 Å². The summed E-state index contributed by atoms with van der Waals surface area (Å²) in [5.41, 5.74) is 12.1. The second kappa shape index (κ2) is 13.3. The van der Waals surface area contributed by atoms with Crippen LogP contribution in [-0.2, 0) is 0 Å². The molecule has 0 spiro atoms. The van der Waals surface area contributed by atoms with Gasteiger partial charge in [-0.15, -0.1) is 0 Å². The van der Waals surface area contributed by atoms with Crippen molar-refractivity contribution in [3.05, 3.63) is 185 Å². The molecule has 5 aliphatic rings. The topological polar surface area (TPSA) is 15.3 Å². The lowest BCUT2D eigenvalue weighted by Gasteiger charge is -2.35. The number of hydrogen-bond acceptors (Lipinski definition) is 2. The van der Waals surface area contributed by atoms with E-state index in [1.54, 1.807) is 0 Å². The van der Waals surface area contributed by atoms with Crippen LogP contribution in [0.4, 0.5) is 17.1 Å². The number of para-hydroxylation sites is 3. The zero-order valence-electron chi connectivity index (χ0n) is 31.0. The second-order valence-electron chi connectivity index (χ2n) is 15.8. The minimum absolute atomic E-state index is 0.221. The summed E-state index contributed by atoms with van der Waals surface area (Å²) in [7, 11) is 0. The molecule has 0 aromatic heterocycles. The molecule has 0 radical (unpaired) electrons. The number of benzene rings is 6. The van der Waals surface area contributed by atoms with Crippen molar-refractivity contribution in [2.75, 3.05) is 10.2 Å². The van der Waals surface area contributed by atoms with Gasteiger partial charge in [0.2, 0.25) is 0 Å². The minimum Gasteiger partial charge on any atom is -0.363 e. The van der Waals surface area contributed by atoms with Gasteiger partial charge in [-0.3, -0.25) is 0 Å². The van der Waals surface area contributed by atoms with E-state index in [2.05, 4.69) is 186 Å². The molecule has 0 saturated heterocycles. The van der Waals surface area contributed by atoms with Crippen molar-refractivity contribution in [1.82, 2.24) is 0 Å². The number of rotatable bonds is 5. The molecule has 4 atom stereocenters. The molecule has 2 heteroatoms. The number of fused-ring (bicyclic) bond motifs is 5. The van der Waals surface area contributed by atoms with Crippen LogP contribution < -0.4 is 20.7 Å². The Hall–Kier alpha value is -6.12. The van der Waals surface area contributed by atoms with E-state index in [4.69, 9.17) is 0 Å². The number of allylic oxidation sites excluding steroid dienone is 10. The SMILES string of the molecule is C1=CC2C=CC=C(c3c4c(c(-c5cccc6ccccc56)c5ccc(C6=CCC(C7Nc8ccccc8N7c7ccccc7)CC6)cc35)=CCCC=4)C2C=C1. The third kappa shape index (κ3) is 5.38. The predicted octanol–water partition coefficient (Wildman–Crippen LogP) is 12.1. The molecular weight excluding hydrogens is 665 g/mol. The first-order chi connectivity index (χ1) is 27.3. The monoisotopic (exact) mass is 708 g/mol. The fraction of sp³-hybridized carbons (Fsp3) is 0.170. The van der Waals surface area contributed by atoms with Gasteiger partial charge in [0.15, 0.2) is 0 Å². The van der Waals surface area contributed by atoms with E-state index >= 15 is 0 Å². The Morgan fingerprint density at radius 1 is 0.618 bits per heavy atom. The molecule has 55 heavy (non-hydrogen) atoms. The molecule has 2 nitrogen and oxygen atoms in total. The smallest absolute Gasteiger partial charge is 0.107 e. The number of anilines is 3. The van der Waals surface area contributed by atoms with Gasteiger partial charge in [0.25, 0.3) is 0 Å².